The van der Waals surface area contributed by atoms with Crippen molar-refractivity contribution >= 4 is 44.9 Å². The molecule has 0 fully saturated rings. The summed E-state index contributed by atoms with van der Waals surface area (Å²) in [6.45, 7) is 1.89. The summed E-state index contributed by atoms with van der Waals surface area (Å²) in [5, 5.41) is 2.80. The molecule has 0 aliphatic carbocycles. The number of methoxy groups -OCH3 is 1. The van der Waals surface area contributed by atoms with E-state index in [1.54, 1.807) is 19.1 Å². The molecule has 1 heterocycles. The molecule has 0 bridgehead atoms. The second kappa shape index (κ2) is 10.2. The third-order valence-corrected chi connectivity index (χ3v) is 7.69. The van der Waals surface area contributed by atoms with Crippen LogP contribution in [0, 0.1) is 5.82 Å². The van der Waals surface area contributed by atoms with E-state index in [9.17, 15) is 22.4 Å². The van der Waals surface area contributed by atoms with Crippen molar-refractivity contribution < 1.29 is 31.9 Å². The van der Waals surface area contributed by atoms with Gasteiger partial charge in [0.2, 0.25) is 0 Å². The quantitative estimate of drug-likeness (QED) is 0.444. The number of nitrogens with zero attached hydrogens (tertiary/aromatic N) is 1. The van der Waals surface area contributed by atoms with E-state index in [0.29, 0.717) is 12.1 Å². The SMILES string of the molecule is CCOC(=O)c1ccc(NC(=O)c2ccc3c(c2)N(S(=O)(=O)c2cc(Cl)ccc2OC)CC3)cc1F. The smallest absolute Gasteiger partial charge is 0.341 e. The van der Waals surface area contributed by atoms with Crippen LogP contribution in [0.25, 0.3) is 0 Å². The summed E-state index contributed by atoms with van der Waals surface area (Å²) in [5.74, 6) is -2.07. The molecule has 188 valence electrons. The molecule has 1 N–H and O–H groups in total. The predicted molar refractivity (Wildman–Crippen MR) is 133 cm³/mol. The molecule has 36 heavy (non-hydrogen) atoms. The zero-order valence-corrected chi connectivity index (χ0v) is 21.0. The zero-order chi connectivity index (χ0) is 26.0. The van der Waals surface area contributed by atoms with Crippen LogP contribution in [-0.2, 0) is 21.2 Å². The first-order chi connectivity index (χ1) is 17.1. The van der Waals surface area contributed by atoms with Crippen LogP contribution in [-0.4, -0.2) is 40.6 Å². The maximum atomic E-state index is 14.3. The standard InChI is InChI=1S/C25H22ClFN2O6S/c1-3-35-25(31)19-8-7-18(14-20(19)27)28-24(30)16-5-4-15-10-11-29(21(15)12-16)36(32,33)23-13-17(26)6-9-22(23)34-2/h4-9,12-14H,3,10-11H2,1-2H3,(H,28,30). The van der Waals surface area contributed by atoms with Gasteiger partial charge in [0.15, 0.2) is 0 Å². The van der Waals surface area contributed by atoms with E-state index in [4.69, 9.17) is 21.1 Å². The van der Waals surface area contributed by atoms with Crippen molar-refractivity contribution in [3.05, 3.63) is 82.1 Å². The van der Waals surface area contributed by atoms with Gasteiger partial charge in [-0.1, -0.05) is 17.7 Å². The predicted octanol–water partition coefficient (Wildman–Crippen LogP) is 4.67. The van der Waals surface area contributed by atoms with E-state index in [1.165, 1.54) is 47.8 Å². The fourth-order valence-corrected chi connectivity index (χ4v) is 5.80. The minimum atomic E-state index is -4.04. The molecule has 1 amide bonds. The summed E-state index contributed by atoms with van der Waals surface area (Å²) in [7, 11) is -2.68. The van der Waals surface area contributed by atoms with Crippen LogP contribution in [0.1, 0.15) is 33.2 Å². The lowest BCUT2D eigenvalue weighted by molar-refractivity contribution is 0.0521. The summed E-state index contributed by atoms with van der Waals surface area (Å²) >= 11 is 6.04. The zero-order valence-electron chi connectivity index (χ0n) is 19.4. The minimum Gasteiger partial charge on any atom is -0.495 e. The number of benzene rings is 3. The normalized spacial score (nSPS) is 12.7. The Balaban J connectivity index is 1.61. The van der Waals surface area contributed by atoms with E-state index in [0.717, 1.165) is 11.6 Å². The Kier molecular flexibility index (Phi) is 7.18. The number of rotatable bonds is 7. The Morgan fingerprint density at radius 1 is 1.11 bits per heavy atom. The highest BCUT2D eigenvalue weighted by molar-refractivity contribution is 7.93. The lowest BCUT2D eigenvalue weighted by Crippen LogP contribution is -2.29. The van der Waals surface area contributed by atoms with Gasteiger partial charge in [-0.25, -0.2) is 17.6 Å². The van der Waals surface area contributed by atoms with Crippen molar-refractivity contribution in [2.24, 2.45) is 0 Å². The van der Waals surface area contributed by atoms with Crippen LogP contribution in [0.15, 0.2) is 59.5 Å². The van der Waals surface area contributed by atoms with Gasteiger partial charge in [0.25, 0.3) is 15.9 Å². The summed E-state index contributed by atoms with van der Waals surface area (Å²) in [5.41, 5.74) is 1.15. The number of anilines is 2. The summed E-state index contributed by atoms with van der Waals surface area (Å²) in [4.78, 5) is 24.6. The lowest BCUT2D eigenvalue weighted by Gasteiger charge is -2.21. The van der Waals surface area contributed by atoms with E-state index in [1.807, 2.05) is 0 Å². The molecule has 0 atom stereocenters. The van der Waals surface area contributed by atoms with Crippen LogP contribution in [0.5, 0.6) is 5.75 Å². The number of esters is 1. The average molecular weight is 533 g/mol. The number of hydrogen-bond donors (Lipinski definition) is 1. The Bertz CT molecular complexity index is 1460. The fourth-order valence-electron chi connectivity index (χ4n) is 3.88. The molecule has 1 aliphatic rings. The molecule has 3 aromatic rings. The maximum absolute atomic E-state index is 14.3. The molecule has 0 radical (unpaired) electrons. The Labute approximate surface area is 212 Å². The third-order valence-electron chi connectivity index (χ3n) is 5.62. The minimum absolute atomic E-state index is 0.0858. The van der Waals surface area contributed by atoms with Gasteiger partial charge < -0.3 is 14.8 Å². The van der Waals surface area contributed by atoms with Crippen molar-refractivity contribution in [3.63, 3.8) is 0 Å². The molecule has 0 unspecified atom stereocenters. The van der Waals surface area contributed by atoms with Gasteiger partial charge in [0, 0.05) is 22.8 Å². The Hall–Kier alpha value is -3.63. The highest BCUT2D eigenvalue weighted by atomic mass is 35.5. The second-order valence-corrected chi connectivity index (χ2v) is 10.1. The lowest BCUT2D eigenvalue weighted by atomic mass is 10.1. The molecule has 4 rings (SSSR count). The van der Waals surface area contributed by atoms with Gasteiger partial charge in [0.05, 0.1) is 25.0 Å². The van der Waals surface area contributed by atoms with Crippen LogP contribution < -0.4 is 14.4 Å². The molecule has 3 aromatic carbocycles. The molecular formula is C25H22ClFN2O6S. The molecule has 8 nitrogen and oxygen atoms in total. The van der Waals surface area contributed by atoms with Gasteiger partial charge in [-0.2, -0.15) is 0 Å². The first-order valence-electron chi connectivity index (χ1n) is 10.9. The van der Waals surface area contributed by atoms with Gasteiger partial charge >= 0.3 is 5.97 Å². The number of carbonyl (C=O) groups is 2. The summed E-state index contributed by atoms with van der Waals surface area (Å²) < 4.78 is 52.5. The highest BCUT2D eigenvalue weighted by Crippen LogP contribution is 2.37. The van der Waals surface area contributed by atoms with Crippen LogP contribution in [0.2, 0.25) is 5.02 Å². The summed E-state index contributed by atoms with van der Waals surface area (Å²) in [6.07, 6.45) is 0.458. The molecule has 0 saturated heterocycles. The number of hydrogen-bond acceptors (Lipinski definition) is 6. The maximum Gasteiger partial charge on any atom is 0.341 e. The second-order valence-electron chi connectivity index (χ2n) is 7.84. The van der Waals surface area contributed by atoms with Gasteiger partial charge in [-0.3, -0.25) is 9.10 Å². The number of halogens is 2. The van der Waals surface area contributed by atoms with E-state index in [-0.39, 0.29) is 45.6 Å². The first kappa shape index (κ1) is 25.5. The molecule has 1 aliphatic heterocycles. The van der Waals surface area contributed by atoms with Crippen LogP contribution >= 0.6 is 11.6 Å². The number of sulfonamides is 1. The molecule has 0 spiro atoms. The first-order valence-corrected chi connectivity index (χ1v) is 12.7. The van der Waals surface area contributed by atoms with Crippen molar-refractivity contribution in [1.29, 1.82) is 0 Å². The van der Waals surface area contributed by atoms with Crippen molar-refractivity contribution in [1.82, 2.24) is 0 Å². The largest absolute Gasteiger partial charge is 0.495 e. The van der Waals surface area contributed by atoms with Gasteiger partial charge in [0.1, 0.15) is 16.5 Å². The average Bonchev–Trinajstić information content (AvgIpc) is 3.28. The number of ether oxygens (including phenoxy) is 2. The van der Waals surface area contributed by atoms with Crippen molar-refractivity contribution in [2.45, 2.75) is 18.2 Å². The highest BCUT2D eigenvalue weighted by Gasteiger charge is 2.33. The summed E-state index contributed by atoms with van der Waals surface area (Å²) in [6, 6.07) is 12.6. The van der Waals surface area contributed by atoms with E-state index >= 15 is 0 Å². The number of amides is 1. The Morgan fingerprint density at radius 2 is 1.89 bits per heavy atom. The van der Waals surface area contributed by atoms with E-state index < -0.39 is 27.7 Å². The number of fused-ring (bicyclic) bond motifs is 1. The molecule has 0 saturated carbocycles. The number of nitrogens with one attached hydrogen (secondary N) is 1. The molecule has 11 heteroatoms. The monoisotopic (exact) mass is 532 g/mol. The van der Waals surface area contributed by atoms with Crippen molar-refractivity contribution in [2.75, 3.05) is 29.9 Å². The number of carbonyl (C=O) groups excluding carboxylic acids is 2. The fraction of sp³-hybridized carbons (Fsp3) is 0.200. The topological polar surface area (TPSA) is 102 Å². The van der Waals surface area contributed by atoms with Gasteiger partial charge in [-0.15, -0.1) is 0 Å². The Morgan fingerprint density at radius 3 is 2.58 bits per heavy atom. The van der Waals surface area contributed by atoms with Crippen LogP contribution in [0.4, 0.5) is 15.8 Å². The van der Waals surface area contributed by atoms with E-state index in [2.05, 4.69) is 5.32 Å². The third kappa shape index (κ3) is 4.87. The van der Waals surface area contributed by atoms with Crippen LogP contribution in [0.3, 0.4) is 0 Å². The van der Waals surface area contributed by atoms with Gasteiger partial charge in [-0.05, 0) is 67.4 Å². The van der Waals surface area contributed by atoms with Crippen molar-refractivity contribution in [3.8, 4) is 5.75 Å². The molecule has 0 aromatic heterocycles. The molecular weight excluding hydrogens is 511 g/mol.